The number of ether oxygens (including phenoxy) is 3. The minimum Gasteiger partial charge on any atom is -0.497 e. The van der Waals surface area contributed by atoms with E-state index in [1.54, 1.807) is 25.1 Å². The van der Waals surface area contributed by atoms with Crippen molar-refractivity contribution < 1.29 is 40.2 Å². The minimum absolute atomic E-state index is 0.0316. The zero-order chi connectivity index (χ0) is 35.5. The molecule has 0 amide bonds. The van der Waals surface area contributed by atoms with E-state index in [9.17, 15) is 26.0 Å². The third kappa shape index (κ3) is 7.88. The molecule has 2 aromatic heterocycles. The van der Waals surface area contributed by atoms with Gasteiger partial charge in [-0.2, -0.15) is 13.2 Å². The van der Waals surface area contributed by atoms with E-state index in [-0.39, 0.29) is 40.4 Å². The van der Waals surface area contributed by atoms with Gasteiger partial charge in [0.1, 0.15) is 40.5 Å². The first-order chi connectivity index (χ1) is 23.2. The largest absolute Gasteiger partial charge is 0.497 e. The second-order valence-corrected chi connectivity index (χ2v) is 13.8. The smallest absolute Gasteiger partial charge is 0.416 e. The predicted octanol–water partition coefficient (Wildman–Crippen LogP) is 6.40. The molecule has 0 aliphatic heterocycles. The van der Waals surface area contributed by atoms with Gasteiger partial charge in [-0.25, -0.2) is 32.1 Å². The van der Waals surface area contributed by atoms with E-state index >= 15 is 0 Å². The van der Waals surface area contributed by atoms with Crippen LogP contribution in [0, 0.1) is 12.7 Å². The van der Waals surface area contributed by atoms with Crippen molar-refractivity contribution in [1.29, 1.82) is 0 Å². The van der Waals surface area contributed by atoms with Crippen LogP contribution in [0.2, 0.25) is 0 Å². The fourth-order valence-corrected chi connectivity index (χ4v) is 7.67. The normalized spacial score (nSPS) is 18.3. The number of aryl methyl sites for hydroxylation is 1. The molecule has 0 bridgehead atoms. The topological polar surface area (TPSA) is 107 Å². The molecule has 0 N–H and O–H groups in total. The minimum atomic E-state index is -4.58. The second-order valence-electron chi connectivity index (χ2n) is 11.9. The maximum absolute atomic E-state index is 14.8. The molecule has 49 heavy (non-hydrogen) atoms. The highest BCUT2D eigenvalue weighted by atomic mass is 32.2. The summed E-state index contributed by atoms with van der Waals surface area (Å²) < 4.78 is 102. The predicted molar refractivity (Wildman–Crippen MR) is 174 cm³/mol. The Labute approximate surface area is 282 Å². The Kier molecular flexibility index (Phi) is 10.6. The van der Waals surface area contributed by atoms with E-state index in [0.717, 1.165) is 22.5 Å². The third-order valence-corrected chi connectivity index (χ3v) is 10.5. The zero-order valence-electron chi connectivity index (χ0n) is 27.6. The molecule has 3 atom stereocenters. The van der Waals surface area contributed by atoms with Crippen LogP contribution in [0.5, 0.6) is 17.4 Å². The summed E-state index contributed by atoms with van der Waals surface area (Å²) in [5, 5.41) is 0. The van der Waals surface area contributed by atoms with Crippen LogP contribution in [0.3, 0.4) is 0 Å². The summed E-state index contributed by atoms with van der Waals surface area (Å²) in [5.41, 5.74) is -0.116. The number of likely N-dealkylation sites (N-methyl/N-ethyl adjacent to an activating group) is 1. The maximum atomic E-state index is 14.8. The molecule has 0 radical (unpaired) electrons. The lowest BCUT2D eigenvalue weighted by Gasteiger charge is -2.39. The molecule has 1 aliphatic carbocycles. The van der Waals surface area contributed by atoms with Gasteiger partial charge in [-0.05, 0) is 88.2 Å². The molecule has 0 unspecified atom stereocenters. The average molecular weight is 704 g/mol. The fourth-order valence-electron chi connectivity index (χ4n) is 6.11. The molecule has 1 aliphatic rings. The Morgan fingerprint density at radius 3 is 2.39 bits per heavy atom. The number of alkyl halides is 3. The number of sulfonamides is 1. The van der Waals surface area contributed by atoms with Gasteiger partial charge in [0.25, 0.3) is 10.0 Å². The molecule has 4 aromatic rings. The molecule has 262 valence electrons. The average Bonchev–Trinajstić information content (AvgIpc) is 3.07. The van der Waals surface area contributed by atoms with Gasteiger partial charge in [0.2, 0.25) is 5.88 Å². The summed E-state index contributed by atoms with van der Waals surface area (Å²) in [5.74, 6) is 0.158. The lowest BCUT2D eigenvalue weighted by molar-refractivity contribution is -0.137. The number of nitrogens with zero attached hydrogens (tertiary/aromatic N) is 5. The SMILES string of the molecule is COc1ccc(CN(c2ccncn2)S(=O)(=O)c2ccc(O[C@H]3CC[C@H](c4cc(C(F)(F)F)ccc4F)C[C@@H]3N(C)C)nc2C)c(OC)c1. The van der Waals surface area contributed by atoms with Gasteiger partial charge >= 0.3 is 6.18 Å². The van der Waals surface area contributed by atoms with Crippen molar-refractivity contribution in [1.82, 2.24) is 19.9 Å². The van der Waals surface area contributed by atoms with Crippen molar-refractivity contribution in [2.45, 2.75) is 61.9 Å². The van der Waals surface area contributed by atoms with Gasteiger partial charge in [-0.1, -0.05) is 0 Å². The van der Waals surface area contributed by atoms with E-state index in [1.165, 1.54) is 44.9 Å². The first kappa shape index (κ1) is 35.8. The summed E-state index contributed by atoms with van der Waals surface area (Å²) in [4.78, 5) is 14.4. The molecular formula is C34H37F4N5O5S. The molecule has 0 spiro atoms. The number of hydrogen-bond acceptors (Lipinski definition) is 9. The van der Waals surface area contributed by atoms with Gasteiger partial charge < -0.3 is 19.1 Å². The molecule has 1 fully saturated rings. The third-order valence-electron chi connectivity index (χ3n) is 8.66. The molecule has 5 rings (SSSR count). The van der Waals surface area contributed by atoms with Crippen LogP contribution in [-0.2, 0) is 22.7 Å². The van der Waals surface area contributed by atoms with Crippen molar-refractivity contribution >= 4 is 15.8 Å². The Bertz CT molecular complexity index is 1880. The quantitative estimate of drug-likeness (QED) is 0.164. The van der Waals surface area contributed by atoms with Crippen LogP contribution >= 0.6 is 0 Å². The summed E-state index contributed by atoms with van der Waals surface area (Å²) in [6.45, 7) is 1.44. The van der Waals surface area contributed by atoms with Crippen LogP contribution in [-0.4, -0.2) is 68.7 Å². The van der Waals surface area contributed by atoms with Crippen LogP contribution in [0.1, 0.15) is 47.6 Å². The Balaban J connectivity index is 1.39. The zero-order valence-corrected chi connectivity index (χ0v) is 28.4. The van der Waals surface area contributed by atoms with E-state index in [2.05, 4.69) is 15.0 Å². The van der Waals surface area contributed by atoms with Crippen molar-refractivity contribution in [3.05, 3.63) is 95.3 Å². The Hall–Kier alpha value is -4.50. The molecule has 2 aromatic carbocycles. The second kappa shape index (κ2) is 14.5. The number of benzene rings is 2. The van der Waals surface area contributed by atoms with Gasteiger partial charge in [-0.3, -0.25) is 0 Å². The van der Waals surface area contributed by atoms with Gasteiger partial charge in [0, 0.05) is 36.0 Å². The van der Waals surface area contributed by atoms with E-state index in [4.69, 9.17) is 14.2 Å². The lowest BCUT2D eigenvalue weighted by Crippen LogP contribution is -2.46. The van der Waals surface area contributed by atoms with Crippen LogP contribution in [0.15, 0.2) is 72.0 Å². The number of rotatable bonds is 11. The summed E-state index contributed by atoms with van der Waals surface area (Å²) >= 11 is 0. The fraction of sp³-hybridized carbons (Fsp3) is 0.382. The van der Waals surface area contributed by atoms with Crippen LogP contribution in [0.25, 0.3) is 0 Å². The van der Waals surface area contributed by atoms with E-state index in [1.807, 2.05) is 19.0 Å². The molecule has 0 saturated heterocycles. The van der Waals surface area contributed by atoms with Crippen molar-refractivity contribution in [3.8, 4) is 17.4 Å². The van der Waals surface area contributed by atoms with Crippen molar-refractivity contribution in [2.75, 3.05) is 32.6 Å². The number of hydrogen-bond donors (Lipinski definition) is 0. The molecule has 10 nitrogen and oxygen atoms in total. The number of anilines is 1. The number of pyridine rings is 1. The molecule has 15 heteroatoms. The highest BCUT2D eigenvalue weighted by Crippen LogP contribution is 2.40. The lowest BCUT2D eigenvalue weighted by atomic mass is 9.78. The number of aromatic nitrogens is 3. The summed E-state index contributed by atoms with van der Waals surface area (Å²) in [6.07, 6.45) is -1.17. The Morgan fingerprint density at radius 2 is 1.76 bits per heavy atom. The summed E-state index contributed by atoms with van der Waals surface area (Å²) in [7, 11) is 2.39. The molecule has 2 heterocycles. The van der Waals surface area contributed by atoms with Crippen LogP contribution < -0.4 is 18.5 Å². The van der Waals surface area contributed by atoms with E-state index in [0.29, 0.717) is 36.3 Å². The van der Waals surface area contributed by atoms with Crippen molar-refractivity contribution in [2.24, 2.45) is 0 Å². The standard InChI is InChI=1S/C34H37F4N5O5S/c1-21-31(49(44,45)43(32-14-15-39-20-40-32)19-23-6-9-25(46-4)18-30(23)47-5)12-13-33(41-21)48-29-11-7-22(16-28(29)42(2)3)26-17-24(34(36,37)38)8-10-27(26)35/h6,8-10,12-15,17-18,20,22,28-29H,7,11,16,19H2,1-5H3/t22-,28-,29-/m0/s1. The first-order valence-corrected chi connectivity index (χ1v) is 16.8. The maximum Gasteiger partial charge on any atom is 0.416 e. The summed E-state index contributed by atoms with van der Waals surface area (Å²) in [6, 6.07) is 11.7. The number of halogens is 4. The Morgan fingerprint density at radius 1 is 0.980 bits per heavy atom. The van der Waals surface area contributed by atoms with Crippen LogP contribution in [0.4, 0.5) is 23.4 Å². The molecule has 1 saturated carbocycles. The van der Waals surface area contributed by atoms with E-state index < -0.39 is 39.6 Å². The number of methoxy groups -OCH3 is 2. The van der Waals surface area contributed by atoms with Gasteiger partial charge in [-0.15, -0.1) is 0 Å². The van der Waals surface area contributed by atoms with Crippen molar-refractivity contribution in [3.63, 3.8) is 0 Å². The van der Waals surface area contributed by atoms with Gasteiger partial charge in [0.15, 0.2) is 0 Å². The molecular weight excluding hydrogens is 666 g/mol. The highest BCUT2D eigenvalue weighted by molar-refractivity contribution is 7.92. The monoisotopic (exact) mass is 703 g/mol. The highest BCUT2D eigenvalue weighted by Gasteiger charge is 2.38. The van der Waals surface area contributed by atoms with Gasteiger partial charge in [0.05, 0.1) is 32.0 Å². The first-order valence-electron chi connectivity index (χ1n) is 15.4.